The summed E-state index contributed by atoms with van der Waals surface area (Å²) in [6.07, 6.45) is 3.57. The van der Waals surface area contributed by atoms with Gasteiger partial charge in [0.05, 0.1) is 11.3 Å². The highest BCUT2D eigenvalue weighted by atomic mass is 14.9. The molecule has 2 rings (SSSR count). The summed E-state index contributed by atoms with van der Waals surface area (Å²) in [5.74, 6) is 0. The van der Waals surface area contributed by atoms with E-state index in [2.05, 4.69) is 42.6 Å². The number of benzene rings is 2. The molecule has 0 atom stereocenters. The van der Waals surface area contributed by atoms with Gasteiger partial charge in [0.2, 0.25) is 0 Å². The van der Waals surface area contributed by atoms with Gasteiger partial charge in [-0.05, 0) is 55.2 Å². The minimum atomic E-state index is 0.672. The number of nitriles is 1. The van der Waals surface area contributed by atoms with Gasteiger partial charge in [-0.2, -0.15) is 5.26 Å². The second-order valence-electron chi connectivity index (χ2n) is 5.09. The summed E-state index contributed by atoms with van der Waals surface area (Å²) < 4.78 is 0. The Morgan fingerprint density at radius 1 is 1.10 bits per heavy atom. The zero-order chi connectivity index (χ0) is 14.4. The van der Waals surface area contributed by atoms with Gasteiger partial charge in [0.1, 0.15) is 6.07 Å². The third-order valence-corrected chi connectivity index (χ3v) is 3.35. The monoisotopic (exact) mass is 264 g/mol. The lowest BCUT2D eigenvalue weighted by Gasteiger charge is -2.10. The molecule has 0 radical (unpaired) electrons. The fourth-order valence-corrected chi connectivity index (χ4v) is 2.15. The molecule has 0 aromatic heterocycles. The maximum absolute atomic E-state index is 9.14. The van der Waals surface area contributed by atoms with Crippen LogP contribution in [0.1, 0.15) is 36.5 Å². The molecule has 2 heteroatoms. The highest BCUT2D eigenvalue weighted by molar-refractivity contribution is 5.67. The summed E-state index contributed by atoms with van der Waals surface area (Å²) >= 11 is 0. The van der Waals surface area contributed by atoms with Crippen molar-refractivity contribution in [3.8, 4) is 6.07 Å². The topological polar surface area (TPSA) is 35.8 Å². The van der Waals surface area contributed by atoms with E-state index in [1.165, 1.54) is 18.4 Å². The van der Waals surface area contributed by atoms with E-state index < -0.39 is 0 Å². The van der Waals surface area contributed by atoms with Crippen LogP contribution in [0.4, 0.5) is 11.4 Å². The van der Waals surface area contributed by atoms with Crippen molar-refractivity contribution in [2.45, 2.75) is 33.1 Å². The van der Waals surface area contributed by atoms with E-state index in [-0.39, 0.29) is 0 Å². The first-order chi connectivity index (χ1) is 9.72. The zero-order valence-corrected chi connectivity index (χ0v) is 12.1. The Balaban J connectivity index is 2.14. The van der Waals surface area contributed by atoms with E-state index in [4.69, 9.17) is 5.26 Å². The van der Waals surface area contributed by atoms with Gasteiger partial charge in [0, 0.05) is 5.69 Å². The summed E-state index contributed by atoms with van der Waals surface area (Å²) in [6, 6.07) is 16.5. The molecular weight excluding hydrogens is 244 g/mol. The quantitative estimate of drug-likeness (QED) is 0.829. The van der Waals surface area contributed by atoms with Gasteiger partial charge in [0.25, 0.3) is 0 Å². The molecule has 0 aliphatic carbocycles. The molecule has 102 valence electrons. The lowest BCUT2D eigenvalue weighted by atomic mass is 10.1. The van der Waals surface area contributed by atoms with Crippen LogP contribution in [0.15, 0.2) is 42.5 Å². The van der Waals surface area contributed by atoms with E-state index in [9.17, 15) is 0 Å². The summed E-state index contributed by atoms with van der Waals surface area (Å²) in [4.78, 5) is 0. The SMILES string of the molecule is CCCCc1ccc(Nc2cc(C)ccc2C#N)cc1. The first kappa shape index (κ1) is 14.1. The van der Waals surface area contributed by atoms with Crippen molar-refractivity contribution >= 4 is 11.4 Å². The van der Waals surface area contributed by atoms with Gasteiger partial charge in [-0.25, -0.2) is 0 Å². The van der Waals surface area contributed by atoms with Crippen molar-refractivity contribution in [3.05, 3.63) is 59.2 Å². The number of nitrogens with one attached hydrogen (secondary N) is 1. The number of hydrogen-bond acceptors (Lipinski definition) is 2. The predicted octanol–water partition coefficient (Wildman–Crippen LogP) is 4.95. The Labute approximate surface area is 121 Å². The molecule has 1 N–H and O–H groups in total. The first-order valence-electron chi connectivity index (χ1n) is 7.09. The Morgan fingerprint density at radius 2 is 1.85 bits per heavy atom. The smallest absolute Gasteiger partial charge is 0.101 e. The van der Waals surface area contributed by atoms with Crippen molar-refractivity contribution in [2.24, 2.45) is 0 Å². The van der Waals surface area contributed by atoms with Crippen molar-refractivity contribution < 1.29 is 0 Å². The van der Waals surface area contributed by atoms with Gasteiger partial charge in [-0.3, -0.25) is 0 Å². The van der Waals surface area contributed by atoms with E-state index in [1.807, 2.05) is 25.1 Å². The van der Waals surface area contributed by atoms with Gasteiger partial charge in [0.15, 0.2) is 0 Å². The second-order valence-corrected chi connectivity index (χ2v) is 5.09. The summed E-state index contributed by atoms with van der Waals surface area (Å²) in [5.41, 5.74) is 5.07. The maximum atomic E-state index is 9.14. The van der Waals surface area contributed by atoms with Crippen LogP contribution < -0.4 is 5.32 Å². The fraction of sp³-hybridized carbons (Fsp3) is 0.278. The Hall–Kier alpha value is -2.27. The molecule has 0 heterocycles. The van der Waals surface area contributed by atoms with E-state index >= 15 is 0 Å². The van der Waals surface area contributed by atoms with Crippen LogP contribution in [0.25, 0.3) is 0 Å². The predicted molar refractivity (Wildman–Crippen MR) is 84.2 cm³/mol. The van der Waals surface area contributed by atoms with E-state index in [1.54, 1.807) is 0 Å². The van der Waals surface area contributed by atoms with Crippen LogP contribution in [0, 0.1) is 18.3 Å². The van der Waals surface area contributed by atoms with Crippen LogP contribution in [0.5, 0.6) is 0 Å². The molecular formula is C18H20N2. The number of unbranched alkanes of at least 4 members (excludes halogenated alkanes) is 1. The van der Waals surface area contributed by atoms with E-state index in [0.717, 1.165) is 23.4 Å². The molecule has 0 aliphatic rings. The molecule has 0 unspecified atom stereocenters. The molecule has 0 amide bonds. The molecule has 0 spiro atoms. The number of rotatable bonds is 5. The normalized spacial score (nSPS) is 10.1. The fourth-order valence-electron chi connectivity index (χ4n) is 2.15. The molecule has 0 bridgehead atoms. The van der Waals surface area contributed by atoms with Crippen LogP contribution >= 0.6 is 0 Å². The molecule has 2 aromatic rings. The van der Waals surface area contributed by atoms with Crippen LogP contribution in [-0.4, -0.2) is 0 Å². The minimum Gasteiger partial charge on any atom is -0.354 e. The minimum absolute atomic E-state index is 0.672. The molecule has 2 aromatic carbocycles. The molecule has 0 saturated carbocycles. The number of nitrogens with zero attached hydrogens (tertiary/aromatic N) is 1. The van der Waals surface area contributed by atoms with Gasteiger partial charge < -0.3 is 5.32 Å². The summed E-state index contributed by atoms with van der Waals surface area (Å²) in [5, 5.41) is 12.5. The molecule has 20 heavy (non-hydrogen) atoms. The average molecular weight is 264 g/mol. The Kier molecular flexibility index (Phi) is 4.79. The van der Waals surface area contributed by atoms with Crippen LogP contribution in [0.2, 0.25) is 0 Å². The number of hydrogen-bond donors (Lipinski definition) is 1. The van der Waals surface area contributed by atoms with Gasteiger partial charge >= 0.3 is 0 Å². The molecule has 0 fully saturated rings. The third kappa shape index (κ3) is 3.61. The third-order valence-electron chi connectivity index (χ3n) is 3.35. The largest absolute Gasteiger partial charge is 0.354 e. The van der Waals surface area contributed by atoms with Gasteiger partial charge in [-0.1, -0.05) is 31.5 Å². The lowest BCUT2D eigenvalue weighted by molar-refractivity contribution is 0.795. The maximum Gasteiger partial charge on any atom is 0.101 e. The first-order valence-corrected chi connectivity index (χ1v) is 7.09. The summed E-state index contributed by atoms with van der Waals surface area (Å²) in [6.45, 7) is 4.23. The Bertz CT molecular complexity index is 606. The van der Waals surface area contributed by atoms with Crippen molar-refractivity contribution in [2.75, 3.05) is 5.32 Å². The highest BCUT2D eigenvalue weighted by Gasteiger charge is 2.03. The van der Waals surface area contributed by atoms with Crippen molar-refractivity contribution in [1.82, 2.24) is 0 Å². The number of aryl methyl sites for hydroxylation is 2. The number of anilines is 2. The molecule has 0 aliphatic heterocycles. The zero-order valence-electron chi connectivity index (χ0n) is 12.1. The highest BCUT2D eigenvalue weighted by Crippen LogP contribution is 2.22. The standard InChI is InChI=1S/C18H20N2/c1-3-4-5-15-7-10-17(11-8-15)20-18-12-14(2)6-9-16(18)13-19/h6-12,20H,3-5H2,1-2H3. The van der Waals surface area contributed by atoms with Crippen molar-refractivity contribution in [3.63, 3.8) is 0 Å². The average Bonchev–Trinajstić information content (AvgIpc) is 2.47. The van der Waals surface area contributed by atoms with Crippen LogP contribution in [-0.2, 0) is 6.42 Å². The van der Waals surface area contributed by atoms with Crippen molar-refractivity contribution in [1.29, 1.82) is 5.26 Å². The lowest BCUT2D eigenvalue weighted by Crippen LogP contribution is -1.95. The second kappa shape index (κ2) is 6.77. The van der Waals surface area contributed by atoms with Crippen LogP contribution in [0.3, 0.4) is 0 Å². The van der Waals surface area contributed by atoms with Gasteiger partial charge in [-0.15, -0.1) is 0 Å². The molecule has 0 saturated heterocycles. The summed E-state index contributed by atoms with van der Waals surface area (Å²) in [7, 11) is 0. The Morgan fingerprint density at radius 3 is 2.50 bits per heavy atom. The van der Waals surface area contributed by atoms with E-state index in [0.29, 0.717) is 5.56 Å². The molecule has 2 nitrogen and oxygen atoms in total.